The molecule has 3 aromatic rings. The fourth-order valence-electron chi connectivity index (χ4n) is 2.83. The standard InChI is InChI=1S/C18H15N3O4S2/c22-18(25-14-4-2-1-3-5-14)21-10-8-13-12-15(6-7-16(13)21)27(23,24)20-17-19-9-11-26-17/h1-7,9,11-12H,8,10H2,(H,19,20). The van der Waals surface area contributed by atoms with Crippen molar-refractivity contribution in [3.63, 3.8) is 0 Å². The minimum Gasteiger partial charge on any atom is -0.410 e. The van der Waals surface area contributed by atoms with E-state index in [1.54, 1.807) is 41.8 Å². The third kappa shape index (κ3) is 3.64. The quantitative estimate of drug-likeness (QED) is 0.723. The molecule has 1 aromatic heterocycles. The van der Waals surface area contributed by atoms with Crippen molar-refractivity contribution < 1.29 is 17.9 Å². The highest BCUT2D eigenvalue weighted by molar-refractivity contribution is 7.93. The van der Waals surface area contributed by atoms with Crippen LogP contribution in [0.2, 0.25) is 0 Å². The van der Waals surface area contributed by atoms with Crippen LogP contribution in [0, 0.1) is 0 Å². The summed E-state index contributed by atoms with van der Waals surface area (Å²) in [6, 6.07) is 13.5. The lowest BCUT2D eigenvalue weighted by Crippen LogP contribution is -2.31. The van der Waals surface area contributed by atoms with Gasteiger partial charge in [-0.1, -0.05) is 18.2 Å². The molecule has 7 nitrogen and oxygen atoms in total. The Kier molecular flexibility index (Phi) is 4.54. The van der Waals surface area contributed by atoms with Crippen LogP contribution in [-0.4, -0.2) is 26.0 Å². The van der Waals surface area contributed by atoms with E-state index in [0.717, 1.165) is 5.56 Å². The molecule has 138 valence electrons. The van der Waals surface area contributed by atoms with Crippen molar-refractivity contribution in [3.05, 3.63) is 65.7 Å². The first-order valence-electron chi connectivity index (χ1n) is 8.12. The average molecular weight is 401 g/mol. The Labute approximate surface area is 160 Å². The number of hydrogen-bond acceptors (Lipinski definition) is 6. The minimum absolute atomic E-state index is 0.134. The third-order valence-corrected chi connectivity index (χ3v) is 6.23. The molecule has 0 fully saturated rings. The SMILES string of the molecule is O=C(Oc1ccccc1)N1CCc2cc(S(=O)(=O)Nc3nccs3)ccc21. The lowest BCUT2D eigenvalue weighted by molar-refractivity contribution is 0.208. The van der Waals surface area contributed by atoms with Gasteiger partial charge in [0.2, 0.25) is 0 Å². The van der Waals surface area contributed by atoms with Gasteiger partial charge in [-0.15, -0.1) is 11.3 Å². The van der Waals surface area contributed by atoms with E-state index < -0.39 is 16.1 Å². The molecule has 27 heavy (non-hydrogen) atoms. The molecule has 0 unspecified atom stereocenters. The highest BCUT2D eigenvalue weighted by atomic mass is 32.2. The van der Waals surface area contributed by atoms with E-state index in [1.165, 1.54) is 28.5 Å². The van der Waals surface area contributed by atoms with Gasteiger partial charge in [-0.05, 0) is 42.3 Å². The number of amides is 1. The van der Waals surface area contributed by atoms with Crippen LogP contribution in [-0.2, 0) is 16.4 Å². The summed E-state index contributed by atoms with van der Waals surface area (Å²) in [5.41, 5.74) is 1.44. The largest absolute Gasteiger partial charge is 0.419 e. The number of aromatic nitrogens is 1. The number of hydrogen-bond donors (Lipinski definition) is 1. The van der Waals surface area contributed by atoms with E-state index >= 15 is 0 Å². The molecule has 1 aliphatic rings. The molecule has 0 saturated heterocycles. The molecule has 9 heteroatoms. The van der Waals surface area contributed by atoms with Gasteiger partial charge in [0.05, 0.1) is 10.6 Å². The summed E-state index contributed by atoms with van der Waals surface area (Å²) < 4.78 is 32.8. The van der Waals surface area contributed by atoms with Gasteiger partial charge in [-0.2, -0.15) is 0 Å². The molecule has 2 heterocycles. The number of nitrogens with one attached hydrogen (secondary N) is 1. The molecule has 4 rings (SSSR count). The summed E-state index contributed by atoms with van der Waals surface area (Å²) in [6.07, 6.45) is 1.60. The highest BCUT2D eigenvalue weighted by Gasteiger charge is 2.28. The maximum atomic E-state index is 12.5. The first kappa shape index (κ1) is 17.5. The maximum absolute atomic E-state index is 12.5. The zero-order chi connectivity index (χ0) is 18.9. The summed E-state index contributed by atoms with van der Waals surface area (Å²) in [6.45, 7) is 0.435. The van der Waals surface area contributed by atoms with Crippen molar-refractivity contribution in [1.82, 2.24) is 4.98 Å². The van der Waals surface area contributed by atoms with Gasteiger partial charge >= 0.3 is 6.09 Å². The number of ether oxygens (including phenoxy) is 1. The van der Waals surface area contributed by atoms with Crippen LogP contribution in [0.5, 0.6) is 5.75 Å². The van der Waals surface area contributed by atoms with Gasteiger partial charge in [0.15, 0.2) is 5.13 Å². The minimum atomic E-state index is -3.73. The van der Waals surface area contributed by atoms with Gasteiger partial charge in [-0.3, -0.25) is 9.62 Å². The Morgan fingerprint density at radius 3 is 2.74 bits per heavy atom. The van der Waals surface area contributed by atoms with Crippen LogP contribution in [0.15, 0.2) is 65.0 Å². The Hall–Kier alpha value is -2.91. The summed E-state index contributed by atoms with van der Waals surface area (Å²) in [5.74, 6) is 0.461. The van der Waals surface area contributed by atoms with Gasteiger partial charge in [0.1, 0.15) is 5.75 Å². The molecule has 0 spiro atoms. The monoisotopic (exact) mass is 401 g/mol. The Morgan fingerprint density at radius 2 is 2.00 bits per heavy atom. The van der Waals surface area contributed by atoms with Crippen molar-refractivity contribution in [2.24, 2.45) is 0 Å². The Balaban J connectivity index is 1.54. The predicted molar refractivity (Wildman–Crippen MR) is 103 cm³/mol. The number of para-hydroxylation sites is 1. The second-order valence-corrected chi connectivity index (χ2v) is 8.39. The van der Waals surface area contributed by atoms with Crippen molar-refractivity contribution in [3.8, 4) is 5.75 Å². The molecule has 1 N–H and O–H groups in total. The molecular weight excluding hydrogens is 386 g/mol. The molecule has 2 aromatic carbocycles. The first-order valence-corrected chi connectivity index (χ1v) is 10.5. The normalized spacial score (nSPS) is 13.3. The van der Waals surface area contributed by atoms with E-state index in [2.05, 4.69) is 9.71 Å². The van der Waals surface area contributed by atoms with Crippen LogP contribution in [0.1, 0.15) is 5.56 Å². The van der Waals surface area contributed by atoms with E-state index in [9.17, 15) is 13.2 Å². The van der Waals surface area contributed by atoms with Crippen molar-refractivity contribution >= 4 is 38.3 Å². The van der Waals surface area contributed by atoms with Gasteiger partial charge in [0.25, 0.3) is 10.0 Å². The smallest absolute Gasteiger partial charge is 0.410 e. The molecule has 0 aliphatic carbocycles. The van der Waals surface area contributed by atoms with Gasteiger partial charge in [-0.25, -0.2) is 18.2 Å². The zero-order valence-corrected chi connectivity index (χ0v) is 15.7. The van der Waals surface area contributed by atoms with Crippen molar-refractivity contribution in [2.45, 2.75) is 11.3 Å². The summed E-state index contributed by atoms with van der Waals surface area (Å²) >= 11 is 1.20. The van der Waals surface area contributed by atoms with Crippen LogP contribution >= 0.6 is 11.3 Å². The molecule has 0 radical (unpaired) electrons. The lowest BCUT2D eigenvalue weighted by Gasteiger charge is -2.17. The number of sulfonamides is 1. The number of fused-ring (bicyclic) bond motifs is 1. The van der Waals surface area contributed by atoms with Crippen LogP contribution in [0.3, 0.4) is 0 Å². The Morgan fingerprint density at radius 1 is 1.19 bits per heavy atom. The summed E-state index contributed by atoms with van der Waals surface area (Å²) in [5, 5.41) is 2.00. The lowest BCUT2D eigenvalue weighted by atomic mass is 10.2. The number of anilines is 2. The zero-order valence-electron chi connectivity index (χ0n) is 14.0. The topological polar surface area (TPSA) is 88.6 Å². The van der Waals surface area contributed by atoms with E-state index in [1.807, 2.05) is 6.07 Å². The molecule has 0 bridgehead atoms. The summed E-state index contributed by atoms with van der Waals surface area (Å²) in [4.78, 5) is 18.0. The van der Waals surface area contributed by atoms with Crippen LogP contribution in [0.4, 0.5) is 15.6 Å². The number of benzene rings is 2. The molecule has 0 atom stereocenters. The number of rotatable bonds is 4. The van der Waals surface area contributed by atoms with Gasteiger partial charge < -0.3 is 4.74 Å². The van der Waals surface area contributed by atoms with Crippen LogP contribution < -0.4 is 14.4 Å². The highest BCUT2D eigenvalue weighted by Crippen LogP contribution is 2.31. The van der Waals surface area contributed by atoms with E-state index in [-0.39, 0.29) is 4.90 Å². The summed E-state index contributed by atoms with van der Waals surface area (Å²) in [7, 11) is -3.73. The number of carbonyl (C=O) groups excluding carboxylic acids is 1. The fraction of sp³-hybridized carbons (Fsp3) is 0.111. The second kappa shape index (κ2) is 7.01. The van der Waals surface area contributed by atoms with Crippen molar-refractivity contribution in [2.75, 3.05) is 16.2 Å². The van der Waals surface area contributed by atoms with Gasteiger partial charge in [0, 0.05) is 18.1 Å². The number of carbonyl (C=O) groups is 1. The fourth-order valence-corrected chi connectivity index (χ4v) is 4.67. The van der Waals surface area contributed by atoms with Crippen LogP contribution in [0.25, 0.3) is 0 Å². The van der Waals surface area contributed by atoms with E-state index in [0.29, 0.717) is 29.5 Å². The second-order valence-electron chi connectivity index (χ2n) is 5.82. The molecule has 1 amide bonds. The molecule has 1 aliphatic heterocycles. The van der Waals surface area contributed by atoms with Crippen molar-refractivity contribution in [1.29, 1.82) is 0 Å². The predicted octanol–water partition coefficient (Wildman–Crippen LogP) is 3.51. The number of nitrogens with zero attached hydrogens (tertiary/aromatic N) is 2. The van der Waals surface area contributed by atoms with E-state index in [4.69, 9.17) is 4.74 Å². The third-order valence-electron chi connectivity index (χ3n) is 4.08. The Bertz CT molecular complexity index is 1070. The molecule has 0 saturated carbocycles. The first-order chi connectivity index (χ1) is 13.0. The maximum Gasteiger partial charge on any atom is 0.419 e. The number of thiazole rings is 1. The molecular formula is C18H15N3O4S2. The average Bonchev–Trinajstić information content (AvgIpc) is 3.31.